The van der Waals surface area contributed by atoms with Crippen molar-refractivity contribution in [1.82, 2.24) is 4.98 Å². The van der Waals surface area contributed by atoms with E-state index < -0.39 is 0 Å². The minimum Gasteiger partial charge on any atom is -0.436 e. The van der Waals surface area contributed by atoms with Crippen molar-refractivity contribution < 1.29 is 4.74 Å². The van der Waals surface area contributed by atoms with Crippen LogP contribution in [0.3, 0.4) is 0 Å². The van der Waals surface area contributed by atoms with Crippen LogP contribution < -0.4 is 4.74 Å². The van der Waals surface area contributed by atoms with Gasteiger partial charge in [0.25, 0.3) is 0 Å². The minimum atomic E-state index is 0.434. The Kier molecular flexibility index (Phi) is 3.32. The molecule has 0 amide bonds. The summed E-state index contributed by atoms with van der Waals surface area (Å²) in [7, 11) is 0. The molecule has 0 atom stereocenters. The molecule has 0 radical (unpaired) electrons. The number of rotatable bonds is 2. The van der Waals surface area contributed by atoms with E-state index in [1.807, 2.05) is 19.1 Å². The lowest BCUT2D eigenvalue weighted by Gasteiger charge is -2.08. The number of aromatic nitrogens is 1. The average Bonchev–Trinajstić information content (AvgIpc) is 2.24. The highest BCUT2D eigenvalue weighted by molar-refractivity contribution is 6.37. The number of benzene rings is 1. The first kappa shape index (κ1) is 11.2. The number of para-hydroxylation sites is 1. The van der Waals surface area contributed by atoms with Gasteiger partial charge in [-0.05, 0) is 25.1 Å². The first-order chi connectivity index (χ1) is 7.66. The zero-order chi connectivity index (χ0) is 11.5. The third-order valence-corrected chi connectivity index (χ3v) is 2.58. The molecule has 82 valence electrons. The number of ether oxygens (including phenoxy) is 1. The standard InChI is InChI=1S/C12H9Cl2NO/c1-8-4-2-7-11(15-8)16-12-9(13)5-3-6-10(12)14/h2-7H,1H3. The first-order valence-corrected chi connectivity index (χ1v) is 5.48. The quantitative estimate of drug-likeness (QED) is 0.787. The summed E-state index contributed by atoms with van der Waals surface area (Å²) in [6.45, 7) is 1.89. The maximum Gasteiger partial charge on any atom is 0.219 e. The van der Waals surface area contributed by atoms with E-state index in [0.29, 0.717) is 21.7 Å². The Morgan fingerprint density at radius 2 is 1.62 bits per heavy atom. The second-order valence-electron chi connectivity index (χ2n) is 3.27. The lowest BCUT2D eigenvalue weighted by molar-refractivity contribution is 0.462. The highest BCUT2D eigenvalue weighted by Crippen LogP contribution is 2.35. The number of halogens is 2. The largest absolute Gasteiger partial charge is 0.436 e. The predicted molar refractivity (Wildman–Crippen MR) is 65.5 cm³/mol. The Morgan fingerprint density at radius 1 is 1.00 bits per heavy atom. The molecule has 2 rings (SSSR count). The Morgan fingerprint density at radius 3 is 2.25 bits per heavy atom. The summed E-state index contributed by atoms with van der Waals surface area (Å²) >= 11 is 12.0. The molecule has 2 nitrogen and oxygen atoms in total. The van der Waals surface area contributed by atoms with Gasteiger partial charge in [-0.1, -0.05) is 35.3 Å². The lowest BCUT2D eigenvalue weighted by atomic mass is 10.3. The fourth-order valence-electron chi connectivity index (χ4n) is 1.26. The summed E-state index contributed by atoms with van der Waals surface area (Å²) < 4.78 is 5.55. The third-order valence-electron chi connectivity index (χ3n) is 1.99. The Hall–Kier alpha value is -1.25. The molecule has 0 aliphatic rings. The molecule has 0 spiro atoms. The van der Waals surface area contributed by atoms with Crippen molar-refractivity contribution in [3.8, 4) is 11.6 Å². The van der Waals surface area contributed by atoms with Crippen molar-refractivity contribution in [3.05, 3.63) is 52.1 Å². The van der Waals surface area contributed by atoms with Gasteiger partial charge in [0.05, 0.1) is 10.0 Å². The SMILES string of the molecule is Cc1cccc(Oc2c(Cl)cccc2Cl)n1. The average molecular weight is 254 g/mol. The van der Waals surface area contributed by atoms with Crippen LogP contribution in [0.15, 0.2) is 36.4 Å². The lowest BCUT2D eigenvalue weighted by Crippen LogP contribution is -1.90. The summed E-state index contributed by atoms with van der Waals surface area (Å²) in [4.78, 5) is 4.21. The van der Waals surface area contributed by atoms with Gasteiger partial charge < -0.3 is 4.74 Å². The van der Waals surface area contributed by atoms with E-state index in [0.717, 1.165) is 5.69 Å². The van der Waals surface area contributed by atoms with Gasteiger partial charge in [0.15, 0.2) is 5.75 Å². The zero-order valence-electron chi connectivity index (χ0n) is 8.58. The summed E-state index contributed by atoms with van der Waals surface area (Å²) in [5.74, 6) is 0.916. The maximum absolute atomic E-state index is 5.98. The van der Waals surface area contributed by atoms with Crippen LogP contribution in [0.2, 0.25) is 10.0 Å². The molecule has 1 aromatic carbocycles. The van der Waals surface area contributed by atoms with Crippen LogP contribution in [-0.4, -0.2) is 4.98 Å². The van der Waals surface area contributed by atoms with Crippen molar-refractivity contribution in [2.24, 2.45) is 0 Å². The summed E-state index contributed by atoms with van der Waals surface area (Å²) in [6, 6.07) is 10.7. The third kappa shape index (κ3) is 2.46. The predicted octanol–water partition coefficient (Wildman–Crippen LogP) is 4.49. The van der Waals surface area contributed by atoms with E-state index in [-0.39, 0.29) is 0 Å². The van der Waals surface area contributed by atoms with Crippen molar-refractivity contribution >= 4 is 23.2 Å². The Bertz CT molecular complexity index is 494. The van der Waals surface area contributed by atoms with Gasteiger partial charge in [0.2, 0.25) is 5.88 Å². The molecular formula is C12H9Cl2NO. The summed E-state index contributed by atoms with van der Waals surface area (Å²) in [6.07, 6.45) is 0. The molecule has 0 N–H and O–H groups in total. The van der Waals surface area contributed by atoms with E-state index in [9.17, 15) is 0 Å². The molecule has 0 unspecified atom stereocenters. The molecule has 1 heterocycles. The van der Waals surface area contributed by atoms with Crippen LogP contribution in [0.1, 0.15) is 5.69 Å². The van der Waals surface area contributed by atoms with Gasteiger partial charge >= 0.3 is 0 Å². The molecule has 0 aliphatic carbocycles. The normalized spacial score (nSPS) is 10.2. The van der Waals surface area contributed by atoms with Gasteiger partial charge in [0, 0.05) is 11.8 Å². The number of hydrogen-bond acceptors (Lipinski definition) is 2. The molecule has 0 saturated carbocycles. The van der Waals surface area contributed by atoms with Crippen molar-refractivity contribution in [2.45, 2.75) is 6.92 Å². The zero-order valence-corrected chi connectivity index (χ0v) is 10.1. The monoisotopic (exact) mass is 253 g/mol. The topological polar surface area (TPSA) is 22.1 Å². The van der Waals surface area contributed by atoms with E-state index in [1.165, 1.54) is 0 Å². The van der Waals surface area contributed by atoms with Crippen molar-refractivity contribution in [3.63, 3.8) is 0 Å². The van der Waals surface area contributed by atoms with E-state index in [2.05, 4.69) is 4.98 Å². The van der Waals surface area contributed by atoms with Gasteiger partial charge in [-0.2, -0.15) is 0 Å². The second-order valence-corrected chi connectivity index (χ2v) is 4.08. The number of pyridine rings is 1. The summed E-state index contributed by atoms with van der Waals surface area (Å²) in [5.41, 5.74) is 0.876. The number of aryl methyl sites for hydroxylation is 1. The molecule has 16 heavy (non-hydrogen) atoms. The molecule has 0 saturated heterocycles. The van der Waals surface area contributed by atoms with Crippen LogP contribution >= 0.6 is 23.2 Å². The summed E-state index contributed by atoms with van der Waals surface area (Å²) in [5, 5.41) is 0.937. The fraction of sp³-hybridized carbons (Fsp3) is 0.0833. The van der Waals surface area contributed by atoms with Gasteiger partial charge in [-0.3, -0.25) is 0 Å². The highest BCUT2D eigenvalue weighted by Gasteiger charge is 2.08. The van der Waals surface area contributed by atoms with Crippen LogP contribution in [0.25, 0.3) is 0 Å². The molecule has 2 aromatic rings. The van der Waals surface area contributed by atoms with E-state index in [1.54, 1.807) is 24.3 Å². The van der Waals surface area contributed by atoms with Crippen LogP contribution in [0, 0.1) is 6.92 Å². The molecule has 1 aromatic heterocycles. The Balaban J connectivity index is 2.34. The maximum atomic E-state index is 5.98. The fourth-order valence-corrected chi connectivity index (χ4v) is 1.73. The van der Waals surface area contributed by atoms with Crippen LogP contribution in [-0.2, 0) is 0 Å². The van der Waals surface area contributed by atoms with Gasteiger partial charge in [-0.15, -0.1) is 0 Å². The second kappa shape index (κ2) is 4.73. The van der Waals surface area contributed by atoms with Gasteiger partial charge in [-0.25, -0.2) is 4.98 Å². The Labute approximate surface area is 104 Å². The van der Waals surface area contributed by atoms with Crippen LogP contribution in [0.4, 0.5) is 0 Å². The first-order valence-electron chi connectivity index (χ1n) is 4.72. The molecule has 0 fully saturated rings. The molecular weight excluding hydrogens is 245 g/mol. The smallest absolute Gasteiger partial charge is 0.219 e. The van der Waals surface area contributed by atoms with Crippen LogP contribution in [0.5, 0.6) is 11.6 Å². The number of hydrogen-bond donors (Lipinski definition) is 0. The minimum absolute atomic E-state index is 0.434. The molecule has 0 aliphatic heterocycles. The molecule has 4 heteroatoms. The van der Waals surface area contributed by atoms with Crippen molar-refractivity contribution in [1.29, 1.82) is 0 Å². The molecule has 0 bridgehead atoms. The van der Waals surface area contributed by atoms with E-state index >= 15 is 0 Å². The van der Waals surface area contributed by atoms with Crippen molar-refractivity contribution in [2.75, 3.05) is 0 Å². The highest BCUT2D eigenvalue weighted by atomic mass is 35.5. The van der Waals surface area contributed by atoms with Gasteiger partial charge in [0.1, 0.15) is 0 Å². The number of nitrogens with zero attached hydrogens (tertiary/aromatic N) is 1. The van der Waals surface area contributed by atoms with E-state index in [4.69, 9.17) is 27.9 Å².